The summed E-state index contributed by atoms with van der Waals surface area (Å²) in [6.45, 7) is 6.01. The lowest BCUT2D eigenvalue weighted by Gasteiger charge is -2.21. The fourth-order valence-corrected chi connectivity index (χ4v) is 3.32. The predicted octanol–water partition coefficient (Wildman–Crippen LogP) is 2.12. The molecule has 0 amide bonds. The number of rotatable bonds is 8. The van der Waals surface area contributed by atoms with Crippen molar-refractivity contribution in [2.24, 2.45) is 4.99 Å². The van der Waals surface area contributed by atoms with Crippen LogP contribution in [-0.4, -0.2) is 70.7 Å². The molecule has 0 aliphatic carbocycles. The van der Waals surface area contributed by atoms with E-state index >= 15 is 0 Å². The number of nitrogens with zero attached hydrogens (tertiary/aromatic N) is 2. The van der Waals surface area contributed by atoms with E-state index in [2.05, 4.69) is 46.4 Å². The third-order valence-corrected chi connectivity index (χ3v) is 5.10. The summed E-state index contributed by atoms with van der Waals surface area (Å²) >= 11 is 0. The smallest absolute Gasteiger partial charge is 0.194 e. The quantitative estimate of drug-likeness (QED) is 0.259. The van der Waals surface area contributed by atoms with E-state index in [9.17, 15) is 8.42 Å². The van der Waals surface area contributed by atoms with Crippen molar-refractivity contribution in [3.63, 3.8) is 0 Å². The van der Waals surface area contributed by atoms with Gasteiger partial charge in [0.25, 0.3) is 0 Å². The molecule has 0 bridgehead atoms. The highest BCUT2D eigenvalue weighted by Crippen LogP contribution is 2.26. The van der Waals surface area contributed by atoms with Crippen LogP contribution in [0.2, 0.25) is 0 Å². The lowest BCUT2D eigenvalue weighted by Crippen LogP contribution is -2.40. The lowest BCUT2D eigenvalue weighted by atomic mass is 9.99. The van der Waals surface area contributed by atoms with Gasteiger partial charge >= 0.3 is 0 Å². The Balaban J connectivity index is 0.00000338. The Labute approximate surface area is 174 Å². The Morgan fingerprint density at radius 1 is 1.31 bits per heavy atom. The number of hydrogen-bond donors (Lipinski definition) is 1. The highest BCUT2D eigenvalue weighted by atomic mass is 127. The second kappa shape index (κ2) is 11.8. The highest BCUT2D eigenvalue weighted by molar-refractivity contribution is 14.0. The van der Waals surface area contributed by atoms with Gasteiger partial charge in [0.1, 0.15) is 9.84 Å². The van der Waals surface area contributed by atoms with E-state index in [1.54, 1.807) is 0 Å². The van der Waals surface area contributed by atoms with Crippen LogP contribution in [0.15, 0.2) is 35.3 Å². The number of aliphatic imine (C=N–C) groups is 1. The van der Waals surface area contributed by atoms with Gasteiger partial charge < -0.3 is 15.0 Å². The van der Waals surface area contributed by atoms with Gasteiger partial charge in [-0.1, -0.05) is 30.3 Å². The number of hydrogen-bond acceptors (Lipinski definition) is 4. The summed E-state index contributed by atoms with van der Waals surface area (Å²) in [5, 5.41) is 3.34. The van der Waals surface area contributed by atoms with Gasteiger partial charge in [-0.2, -0.15) is 0 Å². The molecule has 1 atom stereocenters. The molecule has 2 rings (SSSR count). The highest BCUT2D eigenvalue weighted by Gasteiger charge is 2.25. The molecule has 1 saturated heterocycles. The molecule has 1 fully saturated rings. The normalized spacial score (nSPS) is 17.8. The third kappa shape index (κ3) is 8.22. The van der Waals surface area contributed by atoms with Gasteiger partial charge in [-0.25, -0.2) is 8.42 Å². The lowest BCUT2D eigenvalue weighted by molar-refractivity contribution is 0.157. The van der Waals surface area contributed by atoms with Gasteiger partial charge in [0.05, 0.1) is 25.5 Å². The number of halogens is 1. The maximum Gasteiger partial charge on any atom is 0.194 e. The number of nitrogens with one attached hydrogen (secondary N) is 1. The van der Waals surface area contributed by atoms with Gasteiger partial charge in [0, 0.05) is 31.8 Å². The standard InChI is InChI=1S/C18H29N3O3S.HI/c1-3-19-18(20-10-12-24-13-14-25(2,22)23)21-11-9-17(15-21)16-7-5-4-6-8-16;/h4-8,17H,3,9-15H2,1-2H3,(H,19,20);1H. The van der Waals surface area contributed by atoms with Crippen LogP contribution >= 0.6 is 24.0 Å². The Kier molecular flexibility index (Phi) is 10.5. The van der Waals surface area contributed by atoms with Crippen molar-refractivity contribution in [1.82, 2.24) is 10.2 Å². The molecule has 0 aromatic heterocycles. The number of likely N-dealkylation sites (tertiary alicyclic amines) is 1. The van der Waals surface area contributed by atoms with E-state index in [-0.39, 0.29) is 36.3 Å². The van der Waals surface area contributed by atoms with Crippen molar-refractivity contribution < 1.29 is 13.2 Å². The minimum absolute atomic E-state index is 0. The van der Waals surface area contributed by atoms with E-state index < -0.39 is 9.84 Å². The van der Waals surface area contributed by atoms with Crippen molar-refractivity contribution in [1.29, 1.82) is 0 Å². The van der Waals surface area contributed by atoms with E-state index in [1.807, 2.05) is 6.07 Å². The zero-order valence-corrected chi connectivity index (χ0v) is 18.7. The summed E-state index contributed by atoms with van der Waals surface area (Å²) in [6.07, 6.45) is 2.34. The van der Waals surface area contributed by atoms with Crippen LogP contribution < -0.4 is 5.32 Å². The zero-order chi connectivity index (χ0) is 18.1. The maximum atomic E-state index is 11.1. The average Bonchev–Trinajstić information content (AvgIpc) is 3.07. The van der Waals surface area contributed by atoms with E-state index in [4.69, 9.17) is 4.74 Å². The first-order valence-electron chi connectivity index (χ1n) is 8.83. The molecule has 1 aliphatic rings. The summed E-state index contributed by atoms with van der Waals surface area (Å²) in [4.78, 5) is 6.90. The largest absolute Gasteiger partial charge is 0.378 e. The molecule has 1 N–H and O–H groups in total. The fraction of sp³-hybridized carbons (Fsp3) is 0.611. The number of sulfone groups is 1. The molecule has 0 spiro atoms. The molecule has 6 nitrogen and oxygen atoms in total. The topological polar surface area (TPSA) is 71.0 Å². The molecule has 148 valence electrons. The molecule has 1 unspecified atom stereocenters. The van der Waals surface area contributed by atoms with Crippen molar-refractivity contribution in [3.05, 3.63) is 35.9 Å². The van der Waals surface area contributed by atoms with Crippen LogP contribution in [0.3, 0.4) is 0 Å². The molecule has 26 heavy (non-hydrogen) atoms. The Morgan fingerprint density at radius 2 is 2.04 bits per heavy atom. The average molecular weight is 495 g/mol. The van der Waals surface area contributed by atoms with Gasteiger partial charge in [0.2, 0.25) is 0 Å². The first kappa shape index (κ1) is 23.2. The fourth-order valence-electron chi connectivity index (χ4n) is 2.90. The summed E-state index contributed by atoms with van der Waals surface area (Å²) < 4.78 is 27.5. The number of ether oxygens (including phenoxy) is 1. The molecular formula is C18H30IN3O3S. The van der Waals surface area contributed by atoms with E-state index in [1.165, 1.54) is 11.8 Å². The molecular weight excluding hydrogens is 465 g/mol. The molecule has 1 heterocycles. The summed E-state index contributed by atoms with van der Waals surface area (Å²) in [7, 11) is -2.96. The van der Waals surface area contributed by atoms with Gasteiger partial charge in [-0.05, 0) is 18.9 Å². The first-order valence-corrected chi connectivity index (χ1v) is 10.9. The zero-order valence-electron chi connectivity index (χ0n) is 15.6. The summed E-state index contributed by atoms with van der Waals surface area (Å²) in [6, 6.07) is 10.6. The monoisotopic (exact) mass is 495 g/mol. The van der Waals surface area contributed by atoms with Gasteiger partial charge in [-0.15, -0.1) is 24.0 Å². The minimum Gasteiger partial charge on any atom is -0.378 e. The molecule has 0 radical (unpaired) electrons. The van der Waals surface area contributed by atoms with Gasteiger partial charge in [0.15, 0.2) is 5.96 Å². The van der Waals surface area contributed by atoms with Gasteiger partial charge in [-0.3, -0.25) is 4.99 Å². The SMILES string of the molecule is CCNC(=NCCOCCS(C)(=O)=O)N1CCC(c2ccccc2)C1.I. The molecule has 1 aliphatic heterocycles. The summed E-state index contributed by atoms with van der Waals surface area (Å²) in [5.74, 6) is 1.51. The summed E-state index contributed by atoms with van der Waals surface area (Å²) in [5.41, 5.74) is 1.38. The second-order valence-electron chi connectivity index (χ2n) is 6.32. The predicted molar refractivity (Wildman–Crippen MR) is 117 cm³/mol. The molecule has 8 heteroatoms. The Hall–Kier alpha value is -0.870. The van der Waals surface area contributed by atoms with E-state index in [0.29, 0.717) is 19.1 Å². The van der Waals surface area contributed by atoms with Crippen LogP contribution in [0.1, 0.15) is 24.8 Å². The maximum absolute atomic E-state index is 11.1. The van der Waals surface area contributed by atoms with Crippen molar-refractivity contribution in [2.45, 2.75) is 19.3 Å². The van der Waals surface area contributed by atoms with Crippen LogP contribution in [0.5, 0.6) is 0 Å². The van der Waals surface area contributed by atoms with Crippen molar-refractivity contribution >= 4 is 39.8 Å². The molecule has 1 aromatic rings. The van der Waals surface area contributed by atoms with Crippen LogP contribution in [0.25, 0.3) is 0 Å². The third-order valence-electron chi connectivity index (χ3n) is 4.19. The number of benzene rings is 1. The Bertz CT molecular complexity index is 653. The van der Waals surface area contributed by atoms with E-state index in [0.717, 1.165) is 32.0 Å². The number of guanidine groups is 1. The molecule has 1 aromatic carbocycles. The van der Waals surface area contributed by atoms with Crippen LogP contribution in [-0.2, 0) is 14.6 Å². The first-order chi connectivity index (χ1) is 12.0. The van der Waals surface area contributed by atoms with Crippen molar-refractivity contribution in [2.75, 3.05) is 51.4 Å². The molecule has 0 saturated carbocycles. The van der Waals surface area contributed by atoms with Crippen molar-refractivity contribution in [3.8, 4) is 0 Å². The Morgan fingerprint density at radius 3 is 2.69 bits per heavy atom. The minimum atomic E-state index is -2.96. The van der Waals surface area contributed by atoms with Crippen LogP contribution in [0, 0.1) is 0 Å². The van der Waals surface area contributed by atoms with Crippen LogP contribution in [0.4, 0.5) is 0 Å². The second-order valence-corrected chi connectivity index (χ2v) is 8.58.